The minimum Gasteiger partial charge on any atom is -0.469 e. The first kappa shape index (κ1) is 11.5. The van der Waals surface area contributed by atoms with E-state index in [4.69, 9.17) is 0 Å². The average Bonchev–Trinajstić information content (AvgIpc) is 2.27. The number of rotatable bonds is 3. The molecule has 0 aliphatic heterocycles. The van der Waals surface area contributed by atoms with Crippen LogP contribution in [-0.4, -0.2) is 24.3 Å². The molecular weight excluding hydrogens is 180 g/mol. The second kappa shape index (κ2) is 5.35. The fourth-order valence-electron chi connectivity index (χ4n) is 2.21. The Hall–Kier alpha value is -0.570. The Labute approximate surface area is 85.5 Å². The molecule has 0 unspecified atom stereocenters. The topological polar surface area (TPSA) is 46.5 Å². The van der Waals surface area contributed by atoms with Gasteiger partial charge in [-0.3, -0.25) is 4.79 Å². The summed E-state index contributed by atoms with van der Waals surface area (Å²) < 4.78 is 4.63. The molecule has 3 heteroatoms. The summed E-state index contributed by atoms with van der Waals surface area (Å²) in [7, 11) is 1.37. The van der Waals surface area contributed by atoms with Gasteiger partial charge in [-0.2, -0.15) is 0 Å². The molecule has 1 aliphatic rings. The summed E-state index contributed by atoms with van der Waals surface area (Å²) >= 11 is 0. The maximum absolute atomic E-state index is 11.2. The monoisotopic (exact) mass is 200 g/mol. The van der Waals surface area contributed by atoms with Crippen molar-refractivity contribution in [1.29, 1.82) is 0 Å². The van der Waals surface area contributed by atoms with E-state index >= 15 is 0 Å². The molecule has 0 spiro atoms. The van der Waals surface area contributed by atoms with Crippen molar-refractivity contribution in [2.45, 2.75) is 45.1 Å². The molecule has 1 aliphatic carbocycles. The molecule has 82 valence electrons. The van der Waals surface area contributed by atoms with Gasteiger partial charge in [-0.15, -0.1) is 0 Å². The standard InChI is InChI=1S/C11H20O3/c1-8(11(13)14-2)10(12)9-6-4-3-5-7-9/h8-10,12H,3-7H2,1-2H3/t8-,10-/m1/s1. The third-order valence-corrected chi connectivity index (χ3v) is 3.22. The van der Waals surface area contributed by atoms with Gasteiger partial charge in [0.2, 0.25) is 0 Å². The molecule has 1 saturated carbocycles. The van der Waals surface area contributed by atoms with Crippen LogP contribution in [0.1, 0.15) is 39.0 Å². The highest BCUT2D eigenvalue weighted by Crippen LogP contribution is 2.29. The van der Waals surface area contributed by atoms with Crippen molar-refractivity contribution in [3.8, 4) is 0 Å². The van der Waals surface area contributed by atoms with Crippen molar-refractivity contribution >= 4 is 5.97 Å². The highest BCUT2D eigenvalue weighted by Gasteiger charge is 2.30. The Balaban J connectivity index is 2.45. The number of carbonyl (C=O) groups excluding carboxylic acids is 1. The van der Waals surface area contributed by atoms with Gasteiger partial charge in [0.15, 0.2) is 0 Å². The Morgan fingerprint density at radius 2 is 1.93 bits per heavy atom. The van der Waals surface area contributed by atoms with E-state index in [0.717, 1.165) is 12.8 Å². The van der Waals surface area contributed by atoms with Crippen LogP contribution in [0.15, 0.2) is 0 Å². The van der Waals surface area contributed by atoms with Gasteiger partial charge < -0.3 is 9.84 Å². The average molecular weight is 200 g/mol. The predicted molar refractivity (Wildman–Crippen MR) is 53.8 cm³/mol. The van der Waals surface area contributed by atoms with Crippen LogP contribution in [0.2, 0.25) is 0 Å². The zero-order valence-corrected chi connectivity index (χ0v) is 9.03. The molecule has 0 aromatic carbocycles. The second-order valence-electron chi connectivity index (χ2n) is 4.20. The third-order valence-electron chi connectivity index (χ3n) is 3.22. The molecule has 0 bridgehead atoms. The molecule has 1 rings (SSSR count). The number of hydrogen-bond donors (Lipinski definition) is 1. The highest BCUT2D eigenvalue weighted by atomic mass is 16.5. The SMILES string of the molecule is COC(=O)[C@H](C)[C@@H](O)C1CCCCC1. The van der Waals surface area contributed by atoms with E-state index in [-0.39, 0.29) is 17.8 Å². The van der Waals surface area contributed by atoms with Crippen LogP contribution >= 0.6 is 0 Å². The molecule has 1 fully saturated rings. The van der Waals surface area contributed by atoms with Crippen LogP contribution in [0, 0.1) is 11.8 Å². The summed E-state index contributed by atoms with van der Waals surface area (Å²) in [6.45, 7) is 1.74. The van der Waals surface area contributed by atoms with Crippen molar-refractivity contribution in [3.63, 3.8) is 0 Å². The zero-order valence-electron chi connectivity index (χ0n) is 9.03. The van der Waals surface area contributed by atoms with Gasteiger partial charge in [0.05, 0.1) is 19.1 Å². The summed E-state index contributed by atoms with van der Waals surface area (Å²) in [4.78, 5) is 11.2. The van der Waals surface area contributed by atoms with Crippen LogP contribution in [0.4, 0.5) is 0 Å². The van der Waals surface area contributed by atoms with Crippen LogP contribution in [0.3, 0.4) is 0 Å². The number of hydrogen-bond acceptors (Lipinski definition) is 3. The lowest BCUT2D eigenvalue weighted by Crippen LogP contribution is -2.34. The quantitative estimate of drug-likeness (QED) is 0.706. The first-order valence-electron chi connectivity index (χ1n) is 5.42. The van der Waals surface area contributed by atoms with E-state index in [2.05, 4.69) is 4.74 Å². The van der Waals surface area contributed by atoms with Crippen molar-refractivity contribution < 1.29 is 14.6 Å². The van der Waals surface area contributed by atoms with E-state index in [0.29, 0.717) is 0 Å². The van der Waals surface area contributed by atoms with E-state index < -0.39 is 6.10 Å². The Bertz CT molecular complexity index is 185. The van der Waals surface area contributed by atoms with Crippen molar-refractivity contribution in [2.75, 3.05) is 7.11 Å². The molecule has 0 aromatic heterocycles. The molecule has 14 heavy (non-hydrogen) atoms. The summed E-state index contributed by atoms with van der Waals surface area (Å²) in [5.41, 5.74) is 0. The number of esters is 1. The molecule has 1 N–H and O–H groups in total. The second-order valence-corrected chi connectivity index (χ2v) is 4.20. The van der Waals surface area contributed by atoms with Crippen molar-refractivity contribution in [3.05, 3.63) is 0 Å². The largest absolute Gasteiger partial charge is 0.469 e. The van der Waals surface area contributed by atoms with Gasteiger partial charge in [0.1, 0.15) is 0 Å². The molecular formula is C11H20O3. The minimum absolute atomic E-state index is 0.290. The lowest BCUT2D eigenvalue weighted by molar-refractivity contribution is -0.150. The summed E-state index contributed by atoms with van der Waals surface area (Å²) in [5, 5.41) is 9.94. The number of aliphatic hydroxyl groups is 1. The van der Waals surface area contributed by atoms with E-state index in [9.17, 15) is 9.90 Å². The molecule has 0 heterocycles. The molecule has 0 aromatic rings. The summed E-state index contributed by atoms with van der Waals surface area (Å²) in [6, 6.07) is 0. The molecule has 0 radical (unpaired) electrons. The number of carbonyl (C=O) groups is 1. The van der Waals surface area contributed by atoms with Crippen molar-refractivity contribution in [1.82, 2.24) is 0 Å². The molecule has 0 saturated heterocycles. The first-order chi connectivity index (χ1) is 6.66. The number of ether oxygens (including phenoxy) is 1. The maximum atomic E-state index is 11.2. The zero-order chi connectivity index (χ0) is 10.6. The molecule has 3 nitrogen and oxygen atoms in total. The first-order valence-corrected chi connectivity index (χ1v) is 5.42. The molecule has 0 amide bonds. The van der Waals surface area contributed by atoms with Gasteiger partial charge in [-0.05, 0) is 25.7 Å². The Morgan fingerprint density at radius 3 is 2.43 bits per heavy atom. The lowest BCUT2D eigenvalue weighted by Gasteiger charge is -2.29. The van der Waals surface area contributed by atoms with E-state index in [1.807, 2.05) is 0 Å². The highest BCUT2D eigenvalue weighted by molar-refractivity contribution is 5.72. The van der Waals surface area contributed by atoms with Gasteiger partial charge >= 0.3 is 5.97 Å². The van der Waals surface area contributed by atoms with E-state index in [1.165, 1.54) is 26.4 Å². The summed E-state index contributed by atoms with van der Waals surface area (Å²) in [6.07, 6.45) is 5.18. The van der Waals surface area contributed by atoms with Crippen molar-refractivity contribution in [2.24, 2.45) is 11.8 Å². The number of methoxy groups -OCH3 is 1. The predicted octanol–water partition coefficient (Wildman–Crippen LogP) is 1.74. The minimum atomic E-state index is -0.525. The summed E-state index contributed by atoms with van der Waals surface area (Å²) in [5.74, 6) is -0.399. The van der Waals surface area contributed by atoms with E-state index in [1.54, 1.807) is 6.92 Å². The van der Waals surface area contributed by atoms with Gasteiger partial charge in [0.25, 0.3) is 0 Å². The van der Waals surface area contributed by atoms with Crippen LogP contribution in [-0.2, 0) is 9.53 Å². The van der Waals surface area contributed by atoms with Crippen LogP contribution < -0.4 is 0 Å². The number of aliphatic hydroxyl groups excluding tert-OH is 1. The van der Waals surface area contributed by atoms with Crippen LogP contribution in [0.5, 0.6) is 0 Å². The Morgan fingerprint density at radius 1 is 1.36 bits per heavy atom. The van der Waals surface area contributed by atoms with Gasteiger partial charge in [0, 0.05) is 0 Å². The van der Waals surface area contributed by atoms with Gasteiger partial charge in [-0.1, -0.05) is 19.3 Å². The normalized spacial score (nSPS) is 22.8. The lowest BCUT2D eigenvalue weighted by atomic mass is 9.81. The smallest absolute Gasteiger partial charge is 0.311 e. The maximum Gasteiger partial charge on any atom is 0.311 e. The van der Waals surface area contributed by atoms with Gasteiger partial charge in [-0.25, -0.2) is 0 Å². The Kier molecular flexibility index (Phi) is 4.39. The fraction of sp³-hybridized carbons (Fsp3) is 0.909. The van der Waals surface area contributed by atoms with Crippen LogP contribution in [0.25, 0.3) is 0 Å². The fourth-order valence-corrected chi connectivity index (χ4v) is 2.21. The third kappa shape index (κ3) is 2.71. The molecule has 2 atom stereocenters.